The van der Waals surface area contributed by atoms with Crippen LogP contribution >= 0.6 is 0 Å². The largest absolute Gasteiger partial charge is 0.508 e. The minimum atomic E-state index is 0.171. The Balaban J connectivity index is 1.28. The van der Waals surface area contributed by atoms with Crippen LogP contribution < -0.4 is 21.3 Å². The zero-order chi connectivity index (χ0) is 23.8. The minimum absolute atomic E-state index is 0.171. The van der Waals surface area contributed by atoms with Crippen LogP contribution in [-0.2, 0) is 9.47 Å². The number of ether oxygens (including phenoxy) is 3. The number of nitrogens with zero attached hydrogens (tertiary/aromatic N) is 3. The van der Waals surface area contributed by atoms with Gasteiger partial charge < -0.3 is 25.1 Å². The first kappa shape index (κ1) is 23.8. The summed E-state index contributed by atoms with van der Waals surface area (Å²) in [6.45, 7) is 6.17. The van der Waals surface area contributed by atoms with Crippen molar-refractivity contribution in [2.24, 2.45) is 11.6 Å². The lowest BCUT2D eigenvalue weighted by Gasteiger charge is -2.26. The van der Waals surface area contributed by atoms with Gasteiger partial charge in [-0.2, -0.15) is 0 Å². The topological polar surface area (TPSA) is 119 Å². The van der Waals surface area contributed by atoms with Crippen molar-refractivity contribution < 1.29 is 19.3 Å². The van der Waals surface area contributed by atoms with Gasteiger partial charge in [0.2, 0.25) is 0 Å². The molecule has 2 heterocycles. The summed E-state index contributed by atoms with van der Waals surface area (Å²) < 4.78 is 16.9. The molecular weight excluding hydrogens is 434 g/mol. The van der Waals surface area contributed by atoms with Gasteiger partial charge in [-0.05, 0) is 48.5 Å². The SMILES string of the molecule is N/C(=C\N(N)c1ccc(O)cc1)c1ccc2cc(OCCOCCN3CCOCC3)ccc2n1. The maximum absolute atomic E-state index is 9.42. The van der Waals surface area contributed by atoms with Gasteiger partial charge in [-0.3, -0.25) is 9.91 Å². The fourth-order valence-corrected chi connectivity index (χ4v) is 3.61. The Morgan fingerprint density at radius 2 is 1.85 bits per heavy atom. The molecule has 1 aliphatic rings. The molecule has 0 atom stereocenters. The number of anilines is 1. The number of fused-ring (bicyclic) bond motifs is 1. The average Bonchev–Trinajstić information content (AvgIpc) is 2.86. The number of phenolic OH excluding ortho intramolecular Hbond substituents is 1. The first-order chi connectivity index (χ1) is 16.6. The number of morpholine rings is 1. The Bertz CT molecular complexity index is 1100. The van der Waals surface area contributed by atoms with E-state index in [4.69, 9.17) is 25.8 Å². The van der Waals surface area contributed by atoms with Crippen molar-refractivity contribution in [1.82, 2.24) is 9.88 Å². The predicted octanol–water partition coefficient (Wildman–Crippen LogP) is 2.31. The van der Waals surface area contributed by atoms with Gasteiger partial charge in [-0.1, -0.05) is 6.07 Å². The second kappa shape index (κ2) is 11.7. The molecule has 0 saturated carbocycles. The number of hydrogen-bond donors (Lipinski definition) is 3. The highest BCUT2D eigenvalue weighted by Crippen LogP contribution is 2.22. The van der Waals surface area contributed by atoms with Crippen LogP contribution in [0.3, 0.4) is 0 Å². The third-order valence-electron chi connectivity index (χ3n) is 5.53. The third kappa shape index (κ3) is 6.58. The summed E-state index contributed by atoms with van der Waals surface area (Å²) in [5, 5.41) is 11.8. The fraction of sp³-hybridized carbons (Fsp3) is 0.320. The van der Waals surface area contributed by atoms with E-state index in [1.165, 1.54) is 5.01 Å². The van der Waals surface area contributed by atoms with E-state index in [9.17, 15) is 5.11 Å². The van der Waals surface area contributed by atoms with Gasteiger partial charge in [0.15, 0.2) is 0 Å². The highest BCUT2D eigenvalue weighted by atomic mass is 16.5. The molecule has 3 aromatic rings. The molecule has 0 spiro atoms. The number of pyridine rings is 1. The van der Waals surface area contributed by atoms with Crippen molar-refractivity contribution >= 4 is 22.3 Å². The molecule has 1 fully saturated rings. The number of hydrogen-bond acceptors (Lipinski definition) is 9. The van der Waals surface area contributed by atoms with Gasteiger partial charge in [-0.15, -0.1) is 0 Å². The molecule has 1 saturated heterocycles. The Morgan fingerprint density at radius 1 is 1.06 bits per heavy atom. The zero-order valence-corrected chi connectivity index (χ0v) is 19.1. The first-order valence-corrected chi connectivity index (χ1v) is 11.3. The van der Waals surface area contributed by atoms with Crippen LogP contribution in [0.1, 0.15) is 5.69 Å². The number of rotatable bonds is 10. The van der Waals surface area contributed by atoms with Gasteiger partial charge in [0.25, 0.3) is 0 Å². The molecule has 0 aliphatic carbocycles. The van der Waals surface area contributed by atoms with E-state index in [1.54, 1.807) is 30.5 Å². The number of aromatic nitrogens is 1. The molecule has 9 heteroatoms. The maximum atomic E-state index is 9.42. The second-order valence-corrected chi connectivity index (χ2v) is 7.97. The van der Waals surface area contributed by atoms with E-state index in [-0.39, 0.29) is 5.75 Å². The monoisotopic (exact) mass is 465 g/mol. The van der Waals surface area contributed by atoms with E-state index in [2.05, 4.69) is 9.88 Å². The molecule has 5 N–H and O–H groups in total. The normalized spacial score (nSPS) is 14.9. The second-order valence-electron chi connectivity index (χ2n) is 7.97. The molecule has 34 heavy (non-hydrogen) atoms. The van der Waals surface area contributed by atoms with Crippen molar-refractivity contribution in [3.63, 3.8) is 0 Å². The molecule has 0 radical (unpaired) electrons. The Hall–Kier alpha value is -3.37. The van der Waals surface area contributed by atoms with Crippen LogP contribution in [-0.4, -0.2) is 67.7 Å². The van der Waals surface area contributed by atoms with Crippen molar-refractivity contribution in [3.05, 3.63) is 66.5 Å². The highest BCUT2D eigenvalue weighted by Gasteiger charge is 2.09. The van der Waals surface area contributed by atoms with E-state index in [0.717, 1.165) is 49.5 Å². The molecule has 1 aliphatic heterocycles. The smallest absolute Gasteiger partial charge is 0.120 e. The van der Waals surface area contributed by atoms with Crippen LogP contribution in [0, 0.1) is 0 Å². The molecule has 180 valence electrons. The minimum Gasteiger partial charge on any atom is -0.508 e. The Kier molecular flexibility index (Phi) is 8.16. The third-order valence-corrected chi connectivity index (χ3v) is 5.53. The van der Waals surface area contributed by atoms with Gasteiger partial charge >= 0.3 is 0 Å². The molecule has 4 rings (SSSR count). The standard InChI is InChI=1S/C25H31N5O4/c26-23(18-30(27)20-2-4-21(31)5-3-20)25-7-1-19-17-22(6-8-24(19)28-25)34-16-15-33-14-11-29-9-12-32-13-10-29/h1-8,17-18,31H,9-16,26-27H2/b23-18-. The van der Waals surface area contributed by atoms with Crippen molar-refractivity contribution in [2.45, 2.75) is 0 Å². The lowest BCUT2D eigenvalue weighted by molar-refractivity contribution is 0.0170. The summed E-state index contributed by atoms with van der Waals surface area (Å²) in [4.78, 5) is 6.98. The van der Waals surface area contributed by atoms with Gasteiger partial charge in [0, 0.05) is 31.2 Å². The number of nitrogens with two attached hydrogens (primary N) is 2. The van der Waals surface area contributed by atoms with Gasteiger partial charge in [0.05, 0.1) is 49.0 Å². The Morgan fingerprint density at radius 3 is 2.65 bits per heavy atom. The first-order valence-electron chi connectivity index (χ1n) is 11.3. The lowest BCUT2D eigenvalue weighted by atomic mass is 10.1. The van der Waals surface area contributed by atoms with Crippen LogP contribution in [0.4, 0.5) is 5.69 Å². The van der Waals surface area contributed by atoms with E-state index < -0.39 is 0 Å². The van der Waals surface area contributed by atoms with Crippen LogP contribution in [0.2, 0.25) is 0 Å². The molecular formula is C25H31N5O4. The average molecular weight is 466 g/mol. The summed E-state index contributed by atoms with van der Waals surface area (Å²) in [6.07, 6.45) is 1.59. The lowest BCUT2D eigenvalue weighted by Crippen LogP contribution is -2.38. The summed E-state index contributed by atoms with van der Waals surface area (Å²) >= 11 is 0. The zero-order valence-electron chi connectivity index (χ0n) is 19.1. The summed E-state index contributed by atoms with van der Waals surface area (Å²) in [6, 6.07) is 16.1. The van der Waals surface area contributed by atoms with E-state index in [1.807, 2.05) is 30.3 Å². The molecule has 1 aromatic heterocycles. The predicted molar refractivity (Wildman–Crippen MR) is 132 cm³/mol. The Labute approximate surface area is 199 Å². The molecule has 9 nitrogen and oxygen atoms in total. The summed E-state index contributed by atoms with van der Waals surface area (Å²) in [7, 11) is 0. The van der Waals surface area contributed by atoms with Crippen LogP contribution in [0.5, 0.6) is 11.5 Å². The summed E-state index contributed by atoms with van der Waals surface area (Å²) in [5.41, 5.74) is 8.75. The van der Waals surface area contributed by atoms with Crippen LogP contribution in [0.25, 0.3) is 16.6 Å². The van der Waals surface area contributed by atoms with Crippen LogP contribution in [0.15, 0.2) is 60.8 Å². The van der Waals surface area contributed by atoms with E-state index >= 15 is 0 Å². The summed E-state index contributed by atoms with van der Waals surface area (Å²) in [5.74, 6) is 7.00. The van der Waals surface area contributed by atoms with Gasteiger partial charge in [0.1, 0.15) is 18.1 Å². The quantitative estimate of drug-likeness (QED) is 0.235. The number of hydrazine groups is 1. The molecule has 0 unspecified atom stereocenters. The molecule has 0 bridgehead atoms. The number of aromatic hydroxyl groups is 1. The molecule has 0 amide bonds. The van der Waals surface area contributed by atoms with E-state index in [0.29, 0.717) is 36.9 Å². The fourth-order valence-electron chi connectivity index (χ4n) is 3.61. The molecule has 2 aromatic carbocycles. The number of phenols is 1. The van der Waals surface area contributed by atoms with Crippen molar-refractivity contribution in [2.75, 3.05) is 57.7 Å². The van der Waals surface area contributed by atoms with Crippen molar-refractivity contribution in [1.29, 1.82) is 0 Å². The number of benzene rings is 2. The van der Waals surface area contributed by atoms with Gasteiger partial charge in [-0.25, -0.2) is 10.8 Å². The van der Waals surface area contributed by atoms with Crippen molar-refractivity contribution in [3.8, 4) is 11.5 Å². The highest BCUT2D eigenvalue weighted by molar-refractivity contribution is 5.82. The maximum Gasteiger partial charge on any atom is 0.120 e.